The van der Waals surface area contributed by atoms with Crippen LogP contribution in [0, 0.1) is 18.8 Å². The fourth-order valence-electron chi connectivity index (χ4n) is 8.23. The number of nitrogens with zero attached hydrogens (tertiary/aromatic N) is 2. The van der Waals surface area contributed by atoms with Crippen LogP contribution in [0.4, 0.5) is 0 Å². The predicted molar refractivity (Wildman–Crippen MR) is 226 cm³/mol. The molecule has 0 bridgehead atoms. The highest BCUT2D eigenvalue weighted by atomic mass is 16.6. The van der Waals surface area contributed by atoms with Gasteiger partial charge in [0, 0.05) is 12.8 Å². The van der Waals surface area contributed by atoms with Crippen LogP contribution in [0.15, 0.2) is 60.7 Å². The molecule has 3 aromatic carbocycles. The van der Waals surface area contributed by atoms with Crippen molar-refractivity contribution in [3.8, 4) is 11.5 Å². The van der Waals surface area contributed by atoms with E-state index in [4.69, 9.17) is 28.9 Å². The van der Waals surface area contributed by atoms with E-state index >= 15 is 0 Å². The molecule has 59 heavy (non-hydrogen) atoms. The molecule has 10 heteroatoms. The van der Waals surface area contributed by atoms with E-state index in [1.165, 1.54) is 11.1 Å². The van der Waals surface area contributed by atoms with Crippen molar-refractivity contribution in [3.63, 3.8) is 0 Å². The van der Waals surface area contributed by atoms with Crippen LogP contribution in [0.1, 0.15) is 131 Å². The zero-order valence-corrected chi connectivity index (χ0v) is 35.3. The zero-order chi connectivity index (χ0) is 41.7. The average molecular weight is 805 g/mol. The van der Waals surface area contributed by atoms with E-state index in [0.717, 1.165) is 42.5 Å². The third-order valence-corrected chi connectivity index (χ3v) is 11.7. The first-order chi connectivity index (χ1) is 28.6. The van der Waals surface area contributed by atoms with Crippen molar-refractivity contribution in [2.24, 2.45) is 11.8 Å². The summed E-state index contributed by atoms with van der Waals surface area (Å²) >= 11 is 0. The smallest absolute Gasteiger partial charge is 0.314 e. The molecule has 0 amide bonds. The minimum atomic E-state index is -0.370. The molecule has 0 aliphatic heterocycles. The maximum atomic E-state index is 13.5. The monoisotopic (exact) mass is 804 g/mol. The van der Waals surface area contributed by atoms with E-state index in [0.29, 0.717) is 100 Å². The van der Waals surface area contributed by atoms with Crippen LogP contribution in [0.2, 0.25) is 0 Å². The number of esters is 4. The number of aromatic nitrogens is 2. The average Bonchev–Trinajstić information content (AvgIpc) is 3.24. The van der Waals surface area contributed by atoms with Crippen molar-refractivity contribution in [1.29, 1.82) is 0 Å². The van der Waals surface area contributed by atoms with Gasteiger partial charge in [-0.05, 0) is 125 Å². The third kappa shape index (κ3) is 12.2. The van der Waals surface area contributed by atoms with Gasteiger partial charge in [0.2, 0.25) is 0 Å². The fraction of sp³-hybridized carbons (Fsp3) is 0.510. The molecule has 0 saturated heterocycles. The van der Waals surface area contributed by atoms with Gasteiger partial charge in [0.1, 0.15) is 23.2 Å². The summed E-state index contributed by atoms with van der Waals surface area (Å²) in [7, 11) is 0. The molecule has 314 valence electrons. The topological polar surface area (TPSA) is 131 Å². The lowest BCUT2D eigenvalue weighted by Crippen LogP contribution is -2.30. The van der Waals surface area contributed by atoms with Crippen LogP contribution >= 0.6 is 0 Å². The number of hydrogen-bond acceptors (Lipinski definition) is 10. The van der Waals surface area contributed by atoms with Gasteiger partial charge in [-0.15, -0.1) is 0 Å². The van der Waals surface area contributed by atoms with E-state index in [1.54, 1.807) is 12.1 Å². The molecule has 4 aromatic rings. The number of aryl methyl sites for hydroxylation is 6. The van der Waals surface area contributed by atoms with Crippen LogP contribution in [-0.4, -0.2) is 46.1 Å². The molecule has 2 fully saturated rings. The number of benzene rings is 3. The summed E-state index contributed by atoms with van der Waals surface area (Å²) in [6, 6.07) is 20.1. The van der Waals surface area contributed by atoms with Gasteiger partial charge in [-0.3, -0.25) is 19.2 Å². The minimum absolute atomic E-state index is 0.217. The summed E-state index contributed by atoms with van der Waals surface area (Å²) in [5.74, 6) is -1.35. The summed E-state index contributed by atoms with van der Waals surface area (Å²) in [6.07, 6.45) is 10.9. The minimum Gasteiger partial charge on any atom is -0.462 e. The number of fused-ring (bicyclic) bond motifs is 1. The molecule has 2 aliphatic carbocycles. The van der Waals surface area contributed by atoms with Crippen molar-refractivity contribution in [3.05, 3.63) is 94.3 Å². The zero-order valence-electron chi connectivity index (χ0n) is 35.3. The van der Waals surface area contributed by atoms with Crippen molar-refractivity contribution >= 4 is 34.9 Å². The highest BCUT2D eigenvalue weighted by molar-refractivity contribution is 5.91. The van der Waals surface area contributed by atoms with Gasteiger partial charge in [0.25, 0.3) is 0 Å². The highest BCUT2D eigenvalue weighted by Crippen LogP contribution is 2.36. The van der Waals surface area contributed by atoms with E-state index in [2.05, 4.69) is 62.4 Å². The van der Waals surface area contributed by atoms with E-state index in [9.17, 15) is 19.2 Å². The number of ether oxygens (including phenoxy) is 4. The quantitative estimate of drug-likeness (QED) is 0.0751. The first-order valence-electron chi connectivity index (χ1n) is 21.9. The Morgan fingerprint density at radius 2 is 0.898 bits per heavy atom. The molecule has 2 saturated carbocycles. The van der Waals surface area contributed by atoms with Gasteiger partial charge in [-0.25, -0.2) is 9.97 Å². The Labute approximate surface area is 348 Å². The summed E-state index contributed by atoms with van der Waals surface area (Å²) < 4.78 is 23.5. The number of carbonyl (C=O) groups is 4. The Hall–Kier alpha value is -5.12. The standard InChI is InChI=1S/C49H60N2O8/c1-5-8-33-10-14-35(15-11-33)18-30-44(52)56-39-24-20-37(21-25-39)48(54)58-42-28-29-43(47-46(42)50-32(4)41(7-3)51-47)59-49(55)38-22-26-40(27-23-38)57-45(53)31-19-36-16-12-34(9-6-2)13-17-36/h10-17,28-29,37-40H,5-9,18-27,30-31H2,1-4H3/t37-,38-,39-,40-. The van der Waals surface area contributed by atoms with E-state index in [1.807, 2.05) is 13.8 Å². The molecule has 2 aliphatic rings. The molecule has 0 radical (unpaired) electrons. The fourth-order valence-corrected chi connectivity index (χ4v) is 8.23. The maximum Gasteiger partial charge on any atom is 0.314 e. The lowest BCUT2D eigenvalue weighted by Gasteiger charge is -2.27. The summed E-state index contributed by atoms with van der Waals surface area (Å²) in [6.45, 7) is 8.16. The number of hydrogen-bond donors (Lipinski definition) is 0. The largest absolute Gasteiger partial charge is 0.462 e. The second kappa shape index (κ2) is 21.2. The third-order valence-electron chi connectivity index (χ3n) is 11.7. The lowest BCUT2D eigenvalue weighted by atomic mass is 9.87. The Morgan fingerprint density at radius 3 is 1.27 bits per heavy atom. The Balaban J connectivity index is 0.982. The Kier molecular flexibility index (Phi) is 15.6. The Bertz CT molecular complexity index is 2050. The predicted octanol–water partition coefficient (Wildman–Crippen LogP) is 9.69. The molecule has 10 nitrogen and oxygen atoms in total. The highest BCUT2D eigenvalue weighted by Gasteiger charge is 2.32. The first kappa shape index (κ1) is 43.5. The molecular weight excluding hydrogens is 745 g/mol. The van der Waals surface area contributed by atoms with E-state index in [-0.39, 0.29) is 59.4 Å². The molecule has 1 heterocycles. The van der Waals surface area contributed by atoms with Crippen LogP contribution in [0.5, 0.6) is 11.5 Å². The second-order valence-corrected chi connectivity index (χ2v) is 16.3. The van der Waals surface area contributed by atoms with Crippen molar-refractivity contribution in [2.45, 2.75) is 149 Å². The summed E-state index contributed by atoms with van der Waals surface area (Å²) in [4.78, 5) is 61.8. The van der Waals surface area contributed by atoms with Gasteiger partial charge in [-0.1, -0.05) is 82.1 Å². The van der Waals surface area contributed by atoms with Crippen LogP contribution in [-0.2, 0) is 60.8 Å². The lowest BCUT2D eigenvalue weighted by molar-refractivity contribution is -0.153. The van der Waals surface area contributed by atoms with Gasteiger partial charge in [0.05, 0.1) is 23.2 Å². The van der Waals surface area contributed by atoms with Crippen LogP contribution in [0.3, 0.4) is 0 Å². The Morgan fingerprint density at radius 1 is 0.525 bits per heavy atom. The SMILES string of the molecule is CCCc1ccc(CCC(=O)O[C@H]2CC[C@H](C(=O)Oc3ccc(OC(=O)[C@H]4CC[C@H](OC(=O)CCc5ccc(CCC)cc5)CC4)c4nc(CC)c(C)nc34)CC2)cc1. The molecular formula is C49H60N2O8. The first-order valence-corrected chi connectivity index (χ1v) is 21.9. The molecule has 0 spiro atoms. The van der Waals surface area contributed by atoms with Gasteiger partial charge >= 0.3 is 23.9 Å². The maximum absolute atomic E-state index is 13.5. The van der Waals surface area contributed by atoms with Crippen LogP contribution in [0.25, 0.3) is 11.0 Å². The molecule has 0 unspecified atom stereocenters. The van der Waals surface area contributed by atoms with Gasteiger partial charge in [0.15, 0.2) is 11.5 Å². The number of rotatable bonds is 17. The summed E-state index contributed by atoms with van der Waals surface area (Å²) in [5.41, 5.74) is 7.02. The molecule has 0 N–H and O–H groups in total. The van der Waals surface area contributed by atoms with Gasteiger partial charge < -0.3 is 18.9 Å². The van der Waals surface area contributed by atoms with Crippen molar-refractivity contribution in [2.75, 3.05) is 0 Å². The number of carbonyl (C=O) groups excluding carboxylic acids is 4. The van der Waals surface area contributed by atoms with Crippen molar-refractivity contribution in [1.82, 2.24) is 9.97 Å². The molecule has 1 aromatic heterocycles. The second-order valence-electron chi connectivity index (χ2n) is 16.3. The van der Waals surface area contributed by atoms with Crippen LogP contribution < -0.4 is 9.47 Å². The van der Waals surface area contributed by atoms with Gasteiger partial charge in [-0.2, -0.15) is 0 Å². The molecule has 6 rings (SSSR count). The van der Waals surface area contributed by atoms with E-state index < -0.39 is 0 Å². The summed E-state index contributed by atoms with van der Waals surface area (Å²) in [5, 5.41) is 0. The molecule has 0 atom stereocenters. The normalized spacial score (nSPS) is 19.2. The van der Waals surface area contributed by atoms with Crippen molar-refractivity contribution < 1.29 is 38.1 Å².